The van der Waals surface area contributed by atoms with Crippen LogP contribution in [0.2, 0.25) is 0 Å². The average Bonchev–Trinajstić information content (AvgIpc) is 3.60. The van der Waals surface area contributed by atoms with Crippen LogP contribution in [0.4, 0.5) is 5.69 Å². The molecule has 1 aliphatic heterocycles. The Labute approximate surface area is 280 Å². The minimum absolute atomic E-state index is 0.0363. The van der Waals surface area contributed by atoms with Gasteiger partial charge in [0, 0.05) is 60.0 Å². The van der Waals surface area contributed by atoms with Gasteiger partial charge >= 0.3 is 0 Å². The van der Waals surface area contributed by atoms with E-state index in [2.05, 4.69) is 4.57 Å². The zero-order valence-corrected chi connectivity index (χ0v) is 28.1. The number of carbonyl (C=O) groups excluding carboxylic acids is 1. The fourth-order valence-corrected chi connectivity index (χ4v) is 7.24. The van der Waals surface area contributed by atoms with E-state index in [0.29, 0.717) is 57.3 Å². The fraction of sp³-hybridized carbons (Fsp3) is 0.250. The molecule has 1 atom stereocenters. The Kier molecular flexibility index (Phi) is 9.01. The number of methoxy groups -OCH3 is 2. The van der Waals surface area contributed by atoms with Crippen molar-refractivity contribution in [2.24, 2.45) is 4.99 Å². The van der Waals surface area contributed by atoms with Gasteiger partial charge in [-0.15, -0.1) is 0 Å². The summed E-state index contributed by atoms with van der Waals surface area (Å²) in [5.41, 5.74) is 4.01. The molecule has 3 heterocycles. The standard InChI is InChI=1S/C36H35N5O6S/c1-6-38(7-2)35(43)32-22(3)37-36-40(33(32)28-19-26(46-4)16-17-30(28)47-5)34(42)31(48-36)18-24-21-39(29-11-9-8-10-27(24)29)20-23-12-14-25(15-13-23)41(44)45/h8-19,21,33H,6-7,20H2,1-5H3/b31-18+/t33-/m0/s1. The molecule has 1 aliphatic rings. The molecule has 1 amide bonds. The molecule has 0 N–H and O–H groups in total. The van der Waals surface area contributed by atoms with Crippen molar-refractivity contribution in [3.8, 4) is 11.5 Å². The van der Waals surface area contributed by atoms with Crippen LogP contribution in [-0.4, -0.2) is 52.2 Å². The normalized spacial score (nSPS) is 14.5. The highest BCUT2D eigenvalue weighted by molar-refractivity contribution is 7.07. The molecule has 12 heteroatoms. The molecule has 0 bridgehead atoms. The lowest BCUT2D eigenvalue weighted by Crippen LogP contribution is -2.43. The molecule has 0 aliphatic carbocycles. The van der Waals surface area contributed by atoms with Gasteiger partial charge in [0.05, 0.1) is 34.9 Å². The maximum atomic E-state index is 14.5. The summed E-state index contributed by atoms with van der Waals surface area (Å²) in [4.78, 5) is 46.3. The molecule has 0 saturated heterocycles. The summed E-state index contributed by atoms with van der Waals surface area (Å²) < 4.78 is 15.4. The summed E-state index contributed by atoms with van der Waals surface area (Å²) in [6.45, 7) is 7.14. The molecular weight excluding hydrogens is 630 g/mol. The van der Waals surface area contributed by atoms with Gasteiger partial charge in [0.1, 0.15) is 17.5 Å². The van der Waals surface area contributed by atoms with Gasteiger partial charge < -0.3 is 18.9 Å². The molecule has 0 spiro atoms. The molecule has 0 radical (unpaired) electrons. The Morgan fingerprint density at radius 2 is 1.79 bits per heavy atom. The number of para-hydroxylation sites is 1. The van der Waals surface area contributed by atoms with Crippen molar-refractivity contribution in [1.29, 1.82) is 0 Å². The van der Waals surface area contributed by atoms with Crippen LogP contribution in [0.3, 0.4) is 0 Å². The maximum Gasteiger partial charge on any atom is 0.271 e. The summed E-state index contributed by atoms with van der Waals surface area (Å²) in [7, 11) is 3.13. The molecule has 0 unspecified atom stereocenters. The number of nitrogens with zero attached hydrogens (tertiary/aromatic N) is 5. The second-order valence-corrected chi connectivity index (χ2v) is 12.3. The number of benzene rings is 3. The Bertz CT molecular complexity index is 2260. The van der Waals surface area contributed by atoms with E-state index in [4.69, 9.17) is 14.5 Å². The average molecular weight is 666 g/mol. The number of aromatic nitrogens is 2. The highest BCUT2D eigenvalue weighted by Crippen LogP contribution is 2.38. The number of rotatable bonds is 10. The number of hydrogen-bond donors (Lipinski definition) is 0. The molecule has 0 saturated carbocycles. The second kappa shape index (κ2) is 13.3. The molecule has 11 nitrogen and oxygen atoms in total. The van der Waals surface area contributed by atoms with Gasteiger partial charge in [0.25, 0.3) is 17.2 Å². The molecular formula is C36H35N5O6S. The van der Waals surface area contributed by atoms with Crippen molar-refractivity contribution in [2.75, 3.05) is 27.3 Å². The predicted molar refractivity (Wildman–Crippen MR) is 185 cm³/mol. The lowest BCUT2D eigenvalue weighted by molar-refractivity contribution is -0.384. The minimum Gasteiger partial charge on any atom is -0.497 e. The Morgan fingerprint density at radius 1 is 1.06 bits per heavy atom. The summed E-state index contributed by atoms with van der Waals surface area (Å²) >= 11 is 1.27. The van der Waals surface area contributed by atoms with Gasteiger partial charge in [-0.3, -0.25) is 24.3 Å². The number of non-ortho nitro benzene ring substituents is 1. The van der Waals surface area contributed by atoms with Crippen LogP contribution in [0.15, 0.2) is 94.0 Å². The van der Waals surface area contributed by atoms with E-state index in [0.717, 1.165) is 22.0 Å². The van der Waals surface area contributed by atoms with E-state index in [1.165, 1.54) is 23.5 Å². The van der Waals surface area contributed by atoms with E-state index in [-0.39, 0.29) is 17.2 Å². The molecule has 0 fully saturated rings. The first-order valence-corrected chi connectivity index (χ1v) is 16.4. The number of nitro groups is 1. The molecule has 6 rings (SSSR count). The third kappa shape index (κ3) is 5.79. The zero-order valence-electron chi connectivity index (χ0n) is 27.3. The number of ether oxygens (including phenoxy) is 2. The first-order valence-electron chi connectivity index (χ1n) is 15.5. The number of nitro benzene ring substituents is 1. The van der Waals surface area contributed by atoms with Crippen LogP contribution in [0, 0.1) is 10.1 Å². The van der Waals surface area contributed by atoms with Gasteiger partial charge in [-0.05, 0) is 56.7 Å². The number of thiazole rings is 1. The third-order valence-corrected chi connectivity index (χ3v) is 9.62. The van der Waals surface area contributed by atoms with Crippen molar-refractivity contribution in [3.63, 3.8) is 0 Å². The van der Waals surface area contributed by atoms with Crippen LogP contribution in [-0.2, 0) is 11.3 Å². The smallest absolute Gasteiger partial charge is 0.271 e. The van der Waals surface area contributed by atoms with Crippen LogP contribution >= 0.6 is 11.3 Å². The summed E-state index contributed by atoms with van der Waals surface area (Å²) in [5, 5.41) is 12.1. The lowest BCUT2D eigenvalue weighted by atomic mass is 9.93. The largest absolute Gasteiger partial charge is 0.497 e. The van der Waals surface area contributed by atoms with Crippen LogP contribution in [0.1, 0.15) is 43.5 Å². The Hall–Kier alpha value is -5.49. The van der Waals surface area contributed by atoms with Crippen molar-refractivity contribution in [1.82, 2.24) is 14.0 Å². The monoisotopic (exact) mass is 665 g/mol. The SMILES string of the molecule is CCN(CC)C(=O)C1=C(C)N=c2s/c(=C/c3cn(Cc4ccc([N+](=O)[O-])cc4)c4ccccc34)c(=O)n2[C@H]1c1cc(OC)ccc1OC. The van der Waals surface area contributed by atoms with Gasteiger partial charge in [-0.25, -0.2) is 4.99 Å². The Morgan fingerprint density at radius 3 is 2.46 bits per heavy atom. The van der Waals surface area contributed by atoms with Crippen molar-refractivity contribution in [3.05, 3.63) is 131 Å². The number of allylic oxidation sites excluding steroid dienone is 1. The van der Waals surface area contributed by atoms with E-state index < -0.39 is 11.0 Å². The summed E-state index contributed by atoms with van der Waals surface area (Å²) in [6, 6.07) is 18.9. The van der Waals surface area contributed by atoms with Crippen molar-refractivity contribution >= 4 is 39.9 Å². The topological polar surface area (TPSA) is 121 Å². The second-order valence-electron chi connectivity index (χ2n) is 11.3. The number of fused-ring (bicyclic) bond motifs is 2. The van der Waals surface area contributed by atoms with E-state index in [1.807, 2.05) is 50.4 Å². The van der Waals surface area contributed by atoms with Crippen LogP contribution < -0.4 is 24.4 Å². The molecule has 2 aromatic heterocycles. The number of amides is 1. The van der Waals surface area contributed by atoms with Crippen molar-refractivity contribution in [2.45, 2.75) is 33.4 Å². The van der Waals surface area contributed by atoms with Gasteiger partial charge in [0.2, 0.25) is 0 Å². The Balaban J connectivity index is 1.52. The fourth-order valence-electron chi connectivity index (χ4n) is 6.21. The molecule has 3 aromatic carbocycles. The van der Waals surface area contributed by atoms with E-state index in [1.54, 1.807) is 60.9 Å². The molecule has 48 heavy (non-hydrogen) atoms. The number of likely N-dealkylation sites (N-methyl/N-ethyl adjacent to an activating group) is 1. The summed E-state index contributed by atoms with van der Waals surface area (Å²) in [5.74, 6) is 0.891. The zero-order chi connectivity index (χ0) is 34.1. The number of hydrogen-bond acceptors (Lipinski definition) is 8. The van der Waals surface area contributed by atoms with Gasteiger partial charge in [0.15, 0.2) is 4.80 Å². The van der Waals surface area contributed by atoms with Crippen LogP contribution in [0.5, 0.6) is 11.5 Å². The highest BCUT2D eigenvalue weighted by atomic mass is 32.1. The first-order chi connectivity index (χ1) is 23.2. The molecule has 246 valence electrons. The highest BCUT2D eigenvalue weighted by Gasteiger charge is 2.36. The van der Waals surface area contributed by atoms with Crippen molar-refractivity contribution < 1.29 is 19.2 Å². The van der Waals surface area contributed by atoms with E-state index in [9.17, 15) is 19.7 Å². The minimum atomic E-state index is -0.801. The molecule has 5 aromatic rings. The van der Waals surface area contributed by atoms with E-state index >= 15 is 0 Å². The lowest BCUT2D eigenvalue weighted by Gasteiger charge is -2.30. The maximum absolute atomic E-state index is 14.5. The van der Waals surface area contributed by atoms with Crippen LogP contribution in [0.25, 0.3) is 17.0 Å². The predicted octanol–water partition coefficient (Wildman–Crippen LogP) is 5.03. The van der Waals surface area contributed by atoms with Gasteiger partial charge in [-0.2, -0.15) is 0 Å². The quantitative estimate of drug-likeness (QED) is 0.152. The first kappa shape index (κ1) is 32.5. The number of carbonyl (C=O) groups is 1. The summed E-state index contributed by atoms with van der Waals surface area (Å²) in [6.07, 6.45) is 3.84. The third-order valence-electron chi connectivity index (χ3n) is 8.64. The van der Waals surface area contributed by atoms with Gasteiger partial charge in [-0.1, -0.05) is 41.7 Å².